The van der Waals surface area contributed by atoms with Crippen LogP contribution in [0.4, 0.5) is 13.2 Å². The third-order valence-corrected chi connectivity index (χ3v) is 7.54. The third kappa shape index (κ3) is 5.59. The molecule has 2 aromatic carbocycles. The molecule has 2 aliphatic rings. The lowest BCUT2D eigenvalue weighted by Crippen LogP contribution is -2.15. The summed E-state index contributed by atoms with van der Waals surface area (Å²) in [4.78, 5) is 0. The Morgan fingerprint density at radius 3 is 2.26 bits per heavy atom. The number of ether oxygens (including phenoxy) is 1. The fourth-order valence-electron chi connectivity index (χ4n) is 5.35. The van der Waals surface area contributed by atoms with Crippen molar-refractivity contribution in [1.82, 2.24) is 0 Å². The topological polar surface area (TPSA) is 9.23 Å². The van der Waals surface area contributed by atoms with Gasteiger partial charge in [0.1, 0.15) is 18.2 Å². The van der Waals surface area contributed by atoms with Crippen molar-refractivity contribution in [2.45, 2.75) is 71.1 Å². The van der Waals surface area contributed by atoms with E-state index in [9.17, 15) is 4.39 Å². The van der Waals surface area contributed by atoms with E-state index in [4.69, 9.17) is 4.74 Å². The molecule has 0 amide bonds. The minimum Gasteiger partial charge on any atom is -0.489 e. The van der Waals surface area contributed by atoms with E-state index in [1.807, 2.05) is 13.0 Å². The van der Waals surface area contributed by atoms with Crippen LogP contribution in [0, 0.1) is 23.5 Å². The number of hydrogen-bond donors (Lipinski definition) is 0. The third-order valence-electron chi connectivity index (χ3n) is 7.54. The maximum atomic E-state index is 15.0. The second-order valence-corrected chi connectivity index (χ2v) is 9.80. The minimum atomic E-state index is -0.785. The zero-order valence-corrected chi connectivity index (χ0v) is 20.3. The molecule has 1 atom stereocenters. The number of benzene rings is 2. The van der Waals surface area contributed by atoms with Gasteiger partial charge in [-0.1, -0.05) is 57.0 Å². The summed E-state index contributed by atoms with van der Waals surface area (Å²) >= 11 is 0. The molecule has 4 rings (SSSR count). The number of allylic oxidation sites excluding steroid dienone is 2. The second-order valence-electron chi connectivity index (χ2n) is 9.80. The molecule has 0 saturated heterocycles. The van der Waals surface area contributed by atoms with E-state index in [0.29, 0.717) is 22.4 Å². The first-order chi connectivity index (χ1) is 16.5. The van der Waals surface area contributed by atoms with Gasteiger partial charge in [0.25, 0.3) is 0 Å². The van der Waals surface area contributed by atoms with Crippen molar-refractivity contribution in [1.29, 1.82) is 0 Å². The Hall–Kier alpha value is -2.49. The van der Waals surface area contributed by atoms with Gasteiger partial charge in [0.2, 0.25) is 0 Å². The fourth-order valence-corrected chi connectivity index (χ4v) is 5.35. The monoisotopic (exact) mass is 468 g/mol. The maximum absolute atomic E-state index is 15.0. The second kappa shape index (κ2) is 11.3. The van der Waals surface area contributed by atoms with E-state index >= 15 is 8.78 Å². The normalized spacial score (nSPS) is 22.8. The average Bonchev–Trinajstić information content (AvgIpc) is 2.86. The van der Waals surface area contributed by atoms with Gasteiger partial charge >= 0.3 is 0 Å². The predicted octanol–water partition coefficient (Wildman–Crippen LogP) is 9.29. The van der Waals surface area contributed by atoms with Gasteiger partial charge in [-0.25, -0.2) is 13.2 Å². The summed E-state index contributed by atoms with van der Waals surface area (Å²) in [6.45, 7) is 4.40. The molecule has 0 aliphatic heterocycles. The molecule has 0 unspecified atom stereocenters. The van der Waals surface area contributed by atoms with Gasteiger partial charge < -0.3 is 4.74 Å². The van der Waals surface area contributed by atoms with Crippen LogP contribution in [-0.2, 0) is 0 Å². The maximum Gasteiger partial charge on any atom is 0.166 e. The highest BCUT2D eigenvalue weighted by molar-refractivity contribution is 5.65. The molecule has 0 N–H and O–H groups in total. The van der Waals surface area contributed by atoms with Crippen molar-refractivity contribution in [2.75, 3.05) is 6.61 Å². The first kappa shape index (κ1) is 24.6. The molecule has 2 aliphatic carbocycles. The smallest absolute Gasteiger partial charge is 0.166 e. The predicted molar refractivity (Wildman–Crippen MR) is 133 cm³/mol. The average molecular weight is 469 g/mol. The van der Waals surface area contributed by atoms with Crippen LogP contribution in [0.5, 0.6) is 5.75 Å². The summed E-state index contributed by atoms with van der Waals surface area (Å²) in [5.41, 5.74) is 1.91. The molecule has 1 nitrogen and oxygen atoms in total. The van der Waals surface area contributed by atoms with Gasteiger partial charge in [-0.15, -0.1) is 0 Å². The summed E-state index contributed by atoms with van der Waals surface area (Å²) in [5.74, 6) is -0.0723. The largest absolute Gasteiger partial charge is 0.489 e. The first-order valence-electron chi connectivity index (χ1n) is 12.8. The SMILES string of the molecule is CCCC1CCC(c2ccc(-c3ccc(OCC4=CC[C@H](CC)C=C4F)cc3)c(F)c2F)CC1. The number of halogens is 3. The van der Waals surface area contributed by atoms with Crippen LogP contribution < -0.4 is 4.74 Å². The summed E-state index contributed by atoms with van der Waals surface area (Å²) in [6.07, 6.45) is 11.8. The standard InChI is InChI=1S/C30H35F3O/c1-3-5-21-7-9-22(10-8-21)26-16-17-27(30(33)29(26)32)23-12-14-25(15-13-23)34-19-24-11-6-20(4-2)18-28(24)31/h11-18,20-22H,3-10,19H2,1-2H3/t20-,21?,22?/m0/s1. The lowest BCUT2D eigenvalue weighted by molar-refractivity contribution is 0.303. The molecular weight excluding hydrogens is 433 g/mol. The van der Waals surface area contributed by atoms with E-state index in [1.54, 1.807) is 42.5 Å². The van der Waals surface area contributed by atoms with E-state index in [1.165, 1.54) is 12.8 Å². The highest BCUT2D eigenvalue weighted by Gasteiger charge is 2.26. The first-order valence-corrected chi connectivity index (χ1v) is 12.8. The Labute approximate surface area is 201 Å². The lowest BCUT2D eigenvalue weighted by atomic mass is 9.77. The van der Waals surface area contributed by atoms with Crippen molar-refractivity contribution in [2.24, 2.45) is 11.8 Å². The Morgan fingerprint density at radius 2 is 1.62 bits per heavy atom. The van der Waals surface area contributed by atoms with Crippen molar-refractivity contribution >= 4 is 0 Å². The van der Waals surface area contributed by atoms with E-state index in [0.717, 1.165) is 44.4 Å². The highest BCUT2D eigenvalue weighted by Crippen LogP contribution is 2.40. The Kier molecular flexibility index (Phi) is 8.18. The molecule has 0 radical (unpaired) electrons. The molecule has 1 fully saturated rings. The van der Waals surface area contributed by atoms with Crippen LogP contribution in [0.15, 0.2) is 60.0 Å². The van der Waals surface area contributed by atoms with Crippen molar-refractivity contribution in [3.8, 4) is 16.9 Å². The molecule has 0 aromatic heterocycles. The molecule has 1 saturated carbocycles. The molecule has 4 heteroatoms. The van der Waals surface area contributed by atoms with Gasteiger partial charge in [0, 0.05) is 11.1 Å². The van der Waals surface area contributed by atoms with Gasteiger partial charge in [-0.05, 0) is 85.6 Å². The van der Waals surface area contributed by atoms with Crippen LogP contribution >= 0.6 is 0 Å². The molecule has 34 heavy (non-hydrogen) atoms. The quantitative estimate of drug-likeness (QED) is 0.375. The van der Waals surface area contributed by atoms with E-state index in [2.05, 4.69) is 6.92 Å². The minimum absolute atomic E-state index is 0.101. The van der Waals surface area contributed by atoms with E-state index < -0.39 is 11.6 Å². The zero-order chi connectivity index (χ0) is 24.1. The van der Waals surface area contributed by atoms with Gasteiger partial charge in [0.15, 0.2) is 11.6 Å². The molecule has 182 valence electrons. The summed E-state index contributed by atoms with van der Waals surface area (Å²) in [5, 5.41) is 0. The van der Waals surface area contributed by atoms with Crippen molar-refractivity contribution < 1.29 is 17.9 Å². The highest BCUT2D eigenvalue weighted by atomic mass is 19.2. The lowest BCUT2D eigenvalue weighted by Gasteiger charge is -2.29. The van der Waals surface area contributed by atoms with Crippen LogP contribution in [-0.4, -0.2) is 6.61 Å². The number of hydrogen-bond acceptors (Lipinski definition) is 1. The number of rotatable bonds is 8. The zero-order valence-electron chi connectivity index (χ0n) is 20.3. The summed E-state index contributed by atoms with van der Waals surface area (Å²) in [7, 11) is 0. The summed E-state index contributed by atoms with van der Waals surface area (Å²) in [6, 6.07) is 10.3. The Bertz CT molecular complexity index is 1030. The summed E-state index contributed by atoms with van der Waals surface area (Å²) < 4.78 is 50.0. The van der Waals surface area contributed by atoms with Gasteiger partial charge in [0.05, 0.1) is 0 Å². The Morgan fingerprint density at radius 1 is 0.882 bits per heavy atom. The van der Waals surface area contributed by atoms with Gasteiger partial charge in [-0.2, -0.15) is 0 Å². The fraction of sp³-hybridized carbons (Fsp3) is 0.467. The van der Waals surface area contributed by atoms with Crippen LogP contribution in [0.3, 0.4) is 0 Å². The van der Waals surface area contributed by atoms with Crippen LogP contribution in [0.2, 0.25) is 0 Å². The van der Waals surface area contributed by atoms with Gasteiger partial charge in [-0.3, -0.25) is 0 Å². The molecular formula is C30H35F3O. The Balaban J connectivity index is 1.40. The molecule has 0 spiro atoms. The van der Waals surface area contributed by atoms with Crippen LogP contribution in [0.25, 0.3) is 11.1 Å². The van der Waals surface area contributed by atoms with Crippen molar-refractivity contribution in [3.63, 3.8) is 0 Å². The molecule has 2 aromatic rings. The van der Waals surface area contributed by atoms with Crippen LogP contribution in [0.1, 0.15) is 76.7 Å². The molecule has 0 bridgehead atoms. The van der Waals surface area contributed by atoms with E-state index in [-0.39, 0.29) is 29.8 Å². The molecule has 0 heterocycles. The van der Waals surface area contributed by atoms with Crippen molar-refractivity contribution in [3.05, 3.63) is 77.1 Å².